The molecule has 3 fully saturated rings. The number of sulfonamides is 1. The summed E-state index contributed by atoms with van der Waals surface area (Å²) in [6.07, 6.45) is -2.55. The van der Waals surface area contributed by atoms with E-state index >= 15 is 4.39 Å². The molecule has 1 aromatic heterocycles. The predicted octanol–water partition coefficient (Wildman–Crippen LogP) is 5.93. The zero-order valence-corrected chi connectivity index (χ0v) is 35.0. The van der Waals surface area contributed by atoms with Gasteiger partial charge in [0, 0.05) is 29.7 Å². The number of ether oxygens (including phenoxy) is 3. The number of nitrogens with one attached hydrogen (secondary N) is 3. The van der Waals surface area contributed by atoms with Crippen LogP contribution in [0.5, 0.6) is 11.5 Å². The molecule has 0 radical (unpaired) electrons. The lowest BCUT2D eigenvalue weighted by molar-refractivity contribution is -0.145. The first-order valence-corrected chi connectivity index (χ1v) is 21.7. The van der Waals surface area contributed by atoms with Crippen molar-refractivity contribution in [1.29, 1.82) is 0 Å². The summed E-state index contributed by atoms with van der Waals surface area (Å²) in [6.45, 7) is 6.46. The predicted molar refractivity (Wildman–Crippen MR) is 209 cm³/mol. The number of methoxy groups -OCH3 is 1. The van der Waals surface area contributed by atoms with E-state index in [0.717, 1.165) is 4.90 Å². The van der Waals surface area contributed by atoms with Gasteiger partial charge in [-0.25, -0.2) is 22.6 Å². The Morgan fingerprint density at radius 3 is 2.48 bits per heavy atom. The molecule has 3 aliphatic heterocycles. The summed E-state index contributed by atoms with van der Waals surface area (Å²) in [7, 11) is -2.80. The van der Waals surface area contributed by atoms with Crippen molar-refractivity contribution < 1.29 is 59.4 Å². The van der Waals surface area contributed by atoms with E-state index in [4.69, 9.17) is 14.2 Å². The molecule has 2 saturated carbocycles. The van der Waals surface area contributed by atoms with Gasteiger partial charge in [-0.15, -0.1) is 0 Å². The molecule has 2 aliphatic carbocycles. The second-order valence-electron chi connectivity index (χ2n) is 18.3. The van der Waals surface area contributed by atoms with Crippen LogP contribution in [0.3, 0.4) is 0 Å². The number of fused-ring (bicyclic) bond motifs is 5. The summed E-state index contributed by atoms with van der Waals surface area (Å²) in [6, 6.07) is 1.18. The molecule has 0 bridgehead atoms. The molecule has 4 amide bonds. The molecule has 6 atom stereocenters. The van der Waals surface area contributed by atoms with Crippen molar-refractivity contribution in [3.8, 4) is 11.5 Å². The highest BCUT2D eigenvalue weighted by atomic mass is 32.2. The van der Waals surface area contributed by atoms with Gasteiger partial charge in [-0.2, -0.15) is 13.2 Å². The van der Waals surface area contributed by atoms with Crippen LogP contribution in [-0.4, -0.2) is 90.3 Å². The fourth-order valence-corrected chi connectivity index (χ4v) is 9.65. The second kappa shape index (κ2) is 15.3. The molecule has 1 spiro atoms. The molecular formula is C41H51F4N5O9S. The fraction of sp³-hybridized carbons (Fsp3) is 0.634. The highest BCUT2D eigenvalue weighted by Gasteiger charge is 2.64. The number of hydrogen-bond acceptors (Lipinski definition) is 10. The van der Waals surface area contributed by atoms with E-state index < -0.39 is 122 Å². The standard InChI is InChI=1S/C41H51F4N5O9S/c1-37(2,3)22-58-36(54)47-28-12-10-8-6-7-9-11-23-18-40(23,35(53)49-60(55,56)38(4)15-16-38)48-33(51)29-20-39(21-50(29)34(28)52)19-26(42)30-25-17-24(57-5)13-14-27(25)46-32(31(30)59-39)41(43,44)45/h9,11,13-14,17,23,26,28-29H,6-8,10,12,15-16,18-22H2,1-5H3,(H,47,54)(H,48,51)(H,49,53)/b11-9-/t23-,26-,28+,29+,39-,40-/m1/s1. The number of carbonyl (C=O) groups is 4. The topological polar surface area (TPSA) is 182 Å². The van der Waals surface area contributed by atoms with E-state index in [1.807, 2.05) is 26.8 Å². The number of nitrogens with zero attached hydrogens (tertiary/aromatic N) is 2. The van der Waals surface area contributed by atoms with E-state index in [-0.39, 0.29) is 36.1 Å². The van der Waals surface area contributed by atoms with Crippen molar-refractivity contribution in [3.05, 3.63) is 41.6 Å². The number of halogens is 4. The molecule has 328 valence electrons. The van der Waals surface area contributed by atoms with Crippen molar-refractivity contribution in [2.75, 3.05) is 20.3 Å². The normalized spacial score (nSPS) is 29.7. The number of amides is 4. The summed E-state index contributed by atoms with van der Waals surface area (Å²) in [5.41, 5.74) is -6.15. The zero-order chi connectivity index (χ0) is 43.6. The summed E-state index contributed by atoms with van der Waals surface area (Å²) in [5, 5.41) is 5.35. The van der Waals surface area contributed by atoms with Gasteiger partial charge in [-0.1, -0.05) is 45.8 Å². The lowest BCUT2D eigenvalue weighted by Gasteiger charge is -2.38. The molecule has 2 aromatic rings. The molecule has 1 saturated heterocycles. The number of allylic oxidation sites excluding steroid dienone is 1. The van der Waals surface area contributed by atoms with E-state index in [2.05, 4.69) is 20.3 Å². The van der Waals surface area contributed by atoms with Crippen LogP contribution in [0.4, 0.5) is 22.4 Å². The van der Waals surface area contributed by atoms with Crippen LogP contribution in [0.1, 0.15) is 109 Å². The fourth-order valence-electron chi connectivity index (χ4n) is 8.34. The third kappa shape index (κ3) is 8.46. The smallest absolute Gasteiger partial charge is 0.437 e. The van der Waals surface area contributed by atoms with Crippen LogP contribution < -0.4 is 24.8 Å². The van der Waals surface area contributed by atoms with Gasteiger partial charge in [0.25, 0.3) is 5.91 Å². The highest BCUT2D eigenvalue weighted by molar-refractivity contribution is 7.91. The van der Waals surface area contributed by atoms with Gasteiger partial charge in [0.1, 0.15) is 35.1 Å². The number of carbonyl (C=O) groups excluding carboxylic acids is 4. The van der Waals surface area contributed by atoms with Crippen LogP contribution in [0.15, 0.2) is 30.4 Å². The number of aromatic nitrogens is 1. The number of alkyl carbamates (subject to hydrolysis) is 1. The molecular weight excluding hydrogens is 815 g/mol. The summed E-state index contributed by atoms with van der Waals surface area (Å²) >= 11 is 0. The molecule has 0 unspecified atom stereocenters. The Balaban J connectivity index is 1.28. The third-order valence-corrected chi connectivity index (χ3v) is 14.3. The van der Waals surface area contributed by atoms with Gasteiger partial charge < -0.3 is 29.7 Å². The molecule has 60 heavy (non-hydrogen) atoms. The zero-order valence-electron chi connectivity index (χ0n) is 34.2. The molecule has 4 heterocycles. The Kier molecular flexibility index (Phi) is 11.1. The van der Waals surface area contributed by atoms with Gasteiger partial charge in [-0.05, 0) is 69.1 Å². The van der Waals surface area contributed by atoms with E-state index in [1.54, 1.807) is 6.08 Å². The Hall–Kier alpha value is -4.68. The maximum Gasteiger partial charge on any atom is 0.437 e. The number of alkyl halides is 4. The Labute approximate surface area is 345 Å². The third-order valence-electron chi connectivity index (χ3n) is 12.2. The largest absolute Gasteiger partial charge is 0.497 e. The first-order valence-electron chi connectivity index (χ1n) is 20.2. The first-order chi connectivity index (χ1) is 28.0. The van der Waals surface area contributed by atoms with E-state index in [0.29, 0.717) is 38.5 Å². The maximum absolute atomic E-state index is 16.8. The second-order valence-corrected chi connectivity index (χ2v) is 20.5. The molecule has 19 heteroatoms. The molecule has 3 N–H and O–H groups in total. The highest BCUT2D eigenvalue weighted by Crippen LogP contribution is 2.54. The van der Waals surface area contributed by atoms with Gasteiger partial charge in [0.05, 0.1) is 30.5 Å². The summed E-state index contributed by atoms with van der Waals surface area (Å²) < 4.78 is 105. The number of hydrogen-bond donors (Lipinski definition) is 3. The van der Waals surface area contributed by atoms with Gasteiger partial charge in [-0.3, -0.25) is 19.1 Å². The number of rotatable bonds is 6. The number of pyridine rings is 1. The van der Waals surface area contributed by atoms with Crippen LogP contribution >= 0.6 is 0 Å². The van der Waals surface area contributed by atoms with Crippen LogP contribution in [0.2, 0.25) is 0 Å². The van der Waals surface area contributed by atoms with Crippen molar-refractivity contribution in [1.82, 2.24) is 25.2 Å². The molecule has 5 aliphatic rings. The molecule has 14 nitrogen and oxygen atoms in total. The average molecular weight is 866 g/mol. The van der Waals surface area contributed by atoms with Gasteiger partial charge in [0.15, 0.2) is 11.4 Å². The van der Waals surface area contributed by atoms with Gasteiger partial charge >= 0.3 is 12.3 Å². The van der Waals surface area contributed by atoms with Crippen molar-refractivity contribution in [2.24, 2.45) is 11.3 Å². The van der Waals surface area contributed by atoms with Crippen LogP contribution in [0.25, 0.3) is 10.9 Å². The first kappa shape index (κ1) is 43.4. The summed E-state index contributed by atoms with van der Waals surface area (Å²) in [5.74, 6) is -3.99. The minimum atomic E-state index is -5.11. The van der Waals surface area contributed by atoms with Crippen LogP contribution in [0, 0.1) is 11.3 Å². The SMILES string of the molecule is COc1ccc2nc(C(F)(F)F)c3c(c2c1)[C@H](F)C[C@]1(C[C@H]2C(=O)N[C@]4(C(=O)NS(=O)(=O)C5(C)CC5)C[C@H]4/C=C\CCCCC[C@H](NC(=O)OCC(C)(C)C)C(=O)N2C1)O3. The Morgan fingerprint density at radius 1 is 1.08 bits per heavy atom. The Bertz CT molecular complexity index is 2230. The van der Waals surface area contributed by atoms with Crippen molar-refractivity contribution in [3.63, 3.8) is 0 Å². The van der Waals surface area contributed by atoms with Crippen molar-refractivity contribution >= 4 is 44.7 Å². The Morgan fingerprint density at radius 2 is 1.82 bits per heavy atom. The molecule has 7 rings (SSSR count). The minimum Gasteiger partial charge on any atom is -0.497 e. The lowest BCUT2D eigenvalue weighted by atomic mass is 9.85. The van der Waals surface area contributed by atoms with Crippen LogP contribution in [-0.2, 0) is 35.3 Å². The average Bonchev–Trinajstić information content (AvgIpc) is 4.05. The molecule has 1 aromatic carbocycles. The minimum absolute atomic E-state index is 0.00535. The maximum atomic E-state index is 16.8. The quantitative estimate of drug-likeness (QED) is 0.233. The van der Waals surface area contributed by atoms with E-state index in [9.17, 15) is 40.8 Å². The van der Waals surface area contributed by atoms with E-state index in [1.165, 1.54) is 32.2 Å². The van der Waals surface area contributed by atoms with Crippen molar-refractivity contribution in [2.45, 2.75) is 132 Å². The number of benzene rings is 1. The summed E-state index contributed by atoms with van der Waals surface area (Å²) in [4.78, 5) is 61.3. The monoisotopic (exact) mass is 865 g/mol. The van der Waals surface area contributed by atoms with Gasteiger partial charge in [0.2, 0.25) is 21.8 Å². The lowest BCUT2D eigenvalue weighted by Crippen LogP contribution is -2.58.